The van der Waals surface area contributed by atoms with Crippen LogP contribution in [0.25, 0.3) is 0 Å². The maximum absolute atomic E-state index is 13.6. The van der Waals surface area contributed by atoms with Crippen LogP contribution in [0.5, 0.6) is 5.75 Å². The summed E-state index contributed by atoms with van der Waals surface area (Å²) in [5, 5.41) is 6.41. The Morgan fingerprint density at radius 1 is 1.12 bits per heavy atom. The second-order valence-corrected chi connectivity index (χ2v) is 8.88. The van der Waals surface area contributed by atoms with E-state index in [9.17, 15) is 9.59 Å². The predicted molar refractivity (Wildman–Crippen MR) is 131 cm³/mol. The van der Waals surface area contributed by atoms with E-state index >= 15 is 0 Å². The molecule has 2 heterocycles. The molecule has 180 valence electrons. The molecule has 0 bridgehead atoms. The van der Waals surface area contributed by atoms with Gasteiger partial charge in [0.25, 0.3) is 5.91 Å². The number of hydrogen-bond donors (Lipinski definition) is 0. The van der Waals surface area contributed by atoms with Crippen molar-refractivity contribution in [1.29, 1.82) is 0 Å². The second kappa shape index (κ2) is 10.8. The molecule has 0 radical (unpaired) electrons. The first-order valence-corrected chi connectivity index (χ1v) is 12.0. The van der Waals surface area contributed by atoms with Gasteiger partial charge in [-0.25, -0.2) is 5.01 Å². The van der Waals surface area contributed by atoms with Crippen LogP contribution in [0.2, 0.25) is 0 Å². The number of nitrogens with zero attached hydrogens (tertiary/aromatic N) is 3. The molecule has 0 N–H and O–H groups in total. The minimum atomic E-state index is -0.375. The average Bonchev–Trinajstić information content (AvgIpc) is 3.30. The van der Waals surface area contributed by atoms with Gasteiger partial charge in [0.1, 0.15) is 11.8 Å². The number of methoxy groups -OCH3 is 1. The van der Waals surface area contributed by atoms with Crippen LogP contribution in [0.1, 0.15) is 55.3 Å². The van der Waals surface area contributed by atoms with E-state index in [1.54, 1.807) is 19.0 Å². The first kappa shape index (κ1) is 24.0. The van der Waals surface area contributed by atoms with Gasteiger partial charge in [0.15, 0.2) is 0 Å². The van der Waals surface area contributed by atoms with Crippen LogP contribution in [0.15, 0.2) is 53.6 Å². The highest BCUT2D eigenvalue weighted by atomic mass is 16.5. The first-order chi connectivity index (χ1) is 16.5. The molecule has 7 heteroatoms. The van der Waals surface area contributed by atoms with Crippen LogP contribution in [0.4, 0.5) is 0 Å². The number of rotatable bonds is 7. The molecule has 0 unspecified atom stereocenters. The van der Waals surface area contributed by atoms with E-state index in [1.807, 2.05) is 41.3 Å². The largest absolute Gasteiger partial charge is 0.497 e. The van der Waals surface area contributed by atoms with Crippen LogP contribution in [-0.4, -0.2) is 60.3 Å². The number of aryl methyl sites for hydroxylation is 1. The molecule has 0 spiro atoms. The lowest BCUT2D eigenvalue weighted by Crippen LogP contribution is -2.49. The number of benzene rings is 2. The van der Waals surface area contributed by atoms with Crippen LogP contribution >= 0.6 is 0 Å². The number of carbonyl (C=O) groups is 2. The molecule has 2 aliphatic rings. The third-order valence-corrected chi connectivity index (χ3v) is 6.53. The highest BCUT2D eigenvalue weighted by molar-refractivity contribution is 6.03. The molecule has 34 heavy (non-hydrogen) atoms. The summed E-state index contributed by atoms with van der Waals surface area (Å²) >= 11 is 0. The van der Waals surface area contributed by atoms with Crippen molar-refractivity contribution in [1.82, 2.24) is 9.91 Å². The summed E-state index contributed by atoms with van der Waals surface area (Å²) in [6.07, 6.45) is 3.26. The standard InChI is InChI=1S/C27H33N3O4/c1-4-34-27(32)24-10-5-6-15-29(24)18-26(31)30-25(20-11-13-22(33-3)14-12-20)17-23(28-30)21-9-7-8-19(2)16-21/h7-9,11-14,16,24-25H,4-6,10,15,17-18H2,1-3H3/t24-,25-/m0/s1. The maximum Gasteiger partial charge on any atom is 0.323 e. The van der Waals surface area contributed by atoms with Gasteiger partial charge >= 0.3 is 5.97 Å². The summed E-state index contributed by atoms with van der Waals surface area (Å²) in [6, 6.07) is 15.4. The molecule has 1 amide bonds. The molecule has 1 saturated heterocycles. The van der Waals surface area contributed by atoms with Crippen LogP contribution in [0, 0.1) is 6.92 Å². The zero-order valence-electron chi connectivity index (χ0n) is 20.2. The first-order valence-electron chi connectivity index (χ1n) is 12.0. The molecule has 2 aromatic rings. The highest BCUT2D eigenvalue weighted by Gasteiger charge is 2.37. The number of esters is 1. The molecule has 4 rings (SSSR count). The van der Waals surface area contributed by atoms with E-state index < -0.39 is 0 Å². The molecule has 2 atom stereocenters. The van der Waals surface area contributed by atoms with Gasteiger partial charge in [-0.15, -0.1) is 0 Å². The summed E-state index contributed by atoms with van der Waals surface area (Å²) in [7, 11) is 1.64. The third-order valence-electron chi connectivity index (χ3n) is 6.53. The third kappa shape index (κ3) is 5.30. The van der Waals surface area contributed by atoms with Crippen molar-refractivity contribution in [2.45, 2.75) is 51.6 Å². The van der Waals surface area contributed by atoms with E-state index in [0.717, 1.165) is 41.0 Å². The van der Waals surface area contributed by atoms with Crippen LogP contribution in [-0.2, 0) is 14.3 Å². The Balaban J connectivity index is 1.60. The van der Waals surface area contributed by atoms with Gasteiger partial charge in [-0.05, 0) is 56.5 Å². The molecule has 0 saturated carbocycles. The Morgan fingerprint density at radius 2 is 1.91 bits per heavy atom. The van der Waals surface area contributed by atoms with Crippen molar-refractivity contribution in [2.24, 2.45) is 5.10 Å². The van der Waals surface area contributed by atoms with E-state index in [2.05, 4.69) is 19.1 Å². The topological polar surface area (TPSA) is 71.4 Å². The number of amides is 1. The van der Waals surface area contributed by atoms with Gasteiger partial charge in [-0.1, -0.05) is 48.4 Å². The van der Waals surface area contributed by atoms with Gasteiger partial charge in [0.05, 0.1) is 32.0 Å². The van der Waals surface area contributed by atoms with Gasteiger partial charge in [0, 0.05) is 6.42 Å². The number of piperidine rings is 1. The molecule has 0 aromatic heterocycles. The molecular weight excluding hydrogens is 430 g/mol. The average molecular weight is 464 g/mol. The minimum absolute atomic E-state index is 0.111. The fourth-order valence-electron chi connectivity index (χ4n) is 4.76. The summed E-state index contributed by atoms with van der Waals surface area (Å²) in [5.41, 5.74) is 4.06. The normalized spacial score (nSPS) is 20.7. The van der Waals surface area contributed by atoms with Gasteiger partial charge in [0.2, 0.25) is 0 Å². The number of carbonyl (C=O) groups excluding carboxylic acids is 2. The molecule has 1 fully saturated rings. The number of ether oxygens (including phenoxy) is 2. The van der Waals surface area contributed by atoms with Crippen molar-refractivity contribution in [3.8, 4) is 5.75 Å². The molecule has 7 nitrogen and oxygen atoms in total. The van der Waals surface area contributed by atoms with Crippen molar-refractivity contribution >= 4 is 17.6 Å². The van der Waals surface area contributed by atoms with Crippen molar-refractivity contribution in [3.05, 3.63) is 65.2 Å². The van der Waals surface area contributed by atoms with Gasteiger partial charge in [-0.2, -0.15) is 5.10 Å². The summed E-state index contributed by atoms with van der Waals surface area (Å²) in [4.78, 5) is 28.0. The van der Waals surface area contributed by atoms with Crippen molar-refractivity contribution < 1.29 is 19.1 Å². The lowest BCUT2D eigenvalue weighted by Gasteiger charge is -2.34. The van der Waals surface area contributed by atoms with Gasteiger partial charge in [-0.3, -0.25) is 14.5 Å². The molecular formula is C27H33N3O4. The lowest BCUT2D eigenvalue weighted by atomic mass is 9.97. The number of likely N-dealkylation sites (tertiary alicyclic amines) is 1. The smallest absolute Gasteiger partial charge is 0.323 e. The zero-order chi connectivity index (χ0) is 24.1. The van der Waals surface area contributed by atoms with Crippen LogP contribution in [0.3, 0.4) is 0 Å². The predicted octanol–water partition coefficient (Wildman–Crippen LogP) is 4.10. The summed E-state index contributed by atoms with van der Waals surface area (Å²) < 4.78 is 10.6. The Labute approximate surface area is 201 Å². The Hall–Kier alpha value is -3.19. The van der Waals surface area contributed by atoms with Gasteiger partial charge < -0.3 is 9.47 Å². The Kier molecular flexibility index (Phi) is 7.63. The monoisotopic (exact) mass is 463 g/mol. The maximum atomic E-state index is 13.6. The molecule has 2 aliphatic heterocycles. The van der Waals surface area contributed by atoms with Crippen LogP contribution < -0.4 is 4.74 Å². The van der Waals surface area contributed by atoms with E-state index in [0.29, 0.717) is 26.0 Å². The molecule has 0 aliphatic carbocycles. The minimum Gasteiger partial charge on any atom is -0.497 e. The second-order valence-electron chi connectivity index (χ2n) is 8.88. The zero-order valence-corrected chi connectivity index (χ0v) is 20.2. The SMILES string of the molecule is CCOC(=O)[C@@H]1CCCCN1CC(=O)N1N=C(c2cccc(C)c2)C[C@H]1c1ccc(OC)cc1. The van der Waals surface area contributed by atoms with E-state index in [-0.39, 0.29) is 30.5 Å². The van der Waals surface area contributed by atoms with E-state index in [1.165, 1.54) is 0 Å². The fraction of sp³-hybridized carbons (Fsp3) is 0.444. The summed E-state index contributed by atoms with van der Waals surface area (Å²) in [6.45, 7) is 5.04. The lowest BCUT2D eigenvalue weighted by molar-refractivity contribution is -0.152. The number of hydrazone groups is 1. The fourth-order valence-corrected chi connectivity index (χ4v) is 4.76. The van der Waals surface area contributed by atoms with Crippen molar-refractivity contribution in [2.75, 3.05) is 26.8 Å². The molecule has 2 aromatic carbocycles. The highest BCUT2D eigenvalue weighted by Crippen LogP contribution is 2.34. The summed E-state index contributed by atoms with van der Waals surface area (Å²) in [5.74, 6) is 0.414. The van der Waals surface area contributed by atoms with Crippen molar-refractivity contribution in [3.63, 3.8) is 0 Å². The quantitative estimate of drug-likeness (QED) is 0.578. The Morgan fingerprint density at radius 3 is 2.62 bits per heavy atom. The number of hydrogen-bond acceptors (Lipinski definition) is 6. The van der Waals surface area contributed by atoms with E-state index in [4.69, 9.17) is 14.6 Å². The Bertz CT molecular complexity index is 1050.